The van der Waals surface area contributed by atoms with Gasteiger partial charge in [0.2, 0.25) is 0 Å². The van der Waals surface area contributed by atoms with Gasteiger partial charge in [-0.15, -0.1) is 0 Å². The summed E-state index contributed by atoms with van der Waals surface area (Å²) in [6.07, 6.45) is 0. The summed E-state index contributed by atoms with van der Waals surface area (Å²) >= 11 is 1.93. The normalized spacial score (nSPS) is 18.2. The van der Waals surface area contributed by atoms with Crippen molar-refractivity contribution >= 4 is 11.8 Å². The molecule has 14 heavy (non-hydrogen) atoms. The maximum Gasteiger partial charge on any atom is 0.0618 e. The zero-order valence-corrected chi connectivity index (χ0v) is 10.9. The fourth-order valence-electron chi connectivity index (χ4n) is 1.09. The van der Waals surface area contributed by atoms with Gasteiger partial charge in [0.05, 0.1) is 6.61 Å². The van der Waals surface area contributed by atoms with Crippen LogP contribution in [-0.4, -0.2) is 34.8 Å². The molecule has 0 aromatic heterocycles. The fourth-order valence-corrected chi connectivity index (χ4v) is 2.30. The Morgan fingerprint density at radius 3 is 2.29 bits per heavy atom. The first-order chi connectivity index (χ1) is 6.45. The van der Waals surface area contributed by atoms with E-state index in [4.69, 9.17) is 0 Å². The van der Waals surface area contributed by atoms with Gasteiger partial charge in [-0.05, 0) is 19.4 Å². The van der Waals surface area contributed by atoms with Crippen LogP contribution in [0, 0.1) is 5.92 Å². The number of hydrogen-bond acceptors (Lipinski definition) is 3. The molecule has 0 saturated carbocycles. The summed E-state index contributed by atoms with van der Waals surface area (Å²) in [5.41, 5.74) is -0.122. The van der Waals surface area contributed by atoms with E-state index in [0.29, 0.717) is 11.2 Å². The number of aliphatic hydroxyl groups is 1. The minimum atomic E-state index is -0.122. The number of rotatable bonds is 7. The SMILES string of the molecule is CCNC(C)(CO)CSC(C)C(C)C. The predicted octanol–water partition coefficient (Wildman–Crippen LogP) is 2.12. The van der Waals surface area contributed by atoms with Crippen LogP contribution in [0.3, 0.4) is 0 Å². The summed E-state index contributed by atoms with van der Waals surface area (Å²) in [6, 6.07) is 0. The molecule has 0 aromatic carbocycles. The first-order valence-electron chi connectivity index (χ1n) is 5.42. The van der Waals surface area contributed by atoms with Gasteiger partial charge in [-0.2, -0.15) is 11.8 Å². The van der Waals surface area contributed by atoms with Crippen LogP contribution in [0.5, 0.6) is 0 Å². The van der Waals surface area contributed by atoms with E-state index in [1.165, 1.54) is 0 Å². The monoisotopic (exact) mass is 219 g/mol. The van der Waals surface area contributed by atoms with Gasteiger partial charge in [-0.1, -0.05) is 27.7 Å². The second kappa shape index (κ2) is 6.70. The Balaban J connectivity index is 3.94. The van der Waals surface area contributed by atoms with Crippen molar-refractivity contribution in [1.82, 2.24) is 5.32 Å². The van der Waals surface area contributed by atoms with Crippen LogP contribution in [0.4, 0.5) is 0 Å². The lowest BCUT2D eigenvalue weighted by atomic mass is 10.1. The lowest BCUT2D eigenvalue weighted by Gasteiger charge is -2.30. The molecule has 0 fully saturated rings. The lowest BCUT2D eigenvalue weighted by molar-refractivity contribution is 0.194. The summed E-state index contributed by atoms with van der Waals surface area (Å²) in [7, 11) is 0. The van der Waals surface area contributed by atoms with E-state index in [-0.39, 0.29) is 12.1 Å². The molecule has 2 unspecified atom stereocenters. The van der Waals surface area contributed by atoms with E-state index < -0.39 is 0 Å². The number of likely N-dealkylation sites (N-methyl/N-ethyl adjacent to an activating group) is 1. The minimum Gasteiger partial charge on any atom is -0.394 e. The van der Waals surface area contributed by atoms with E-state index >= 15 is 0 Å². The van der Waals surface area contributed by atoms with Crippen LogP contribution in [0.25, 0.3) is 0 Å². The number of nitrogens with one attached hydrogen (secondary N) is 1. The number of hydrogen-bond donors (Lipinski definition) is 2. The Morgan fingerprint density at radius 2 is 1.93 bits per heavy atom. The van der Waals surface area contributed by atoms with Crippen molar-refractivity contribution in [1.29, 1.82) is 0 Å². The van der Waals surface area contributed by atoms with Crippen molar-refractivity contribution in [3.05, 3.63) is 0 Å². The van der Waals surface area contributed by atoms with E-state index in [9.17, 15) is 5.11 Å². The van der Waals surface area contributed by atoms with Crippen LogP contribution in [0.15, 0.2) is 0 Å². The molecule has 0 aliphatic carbocycles. The van der Waals surface area contributed by atoms with E-state index in [0.717, 1.165) is 12.3 Å². The third-order valence-corrected chi connectivity index (χ3v) is 4.43. The maximum absolute atomic E-state index is 9.29. The number of thioether (sulfide) groups is 1. The highest BCUT2D eigenvalue weighted by atomic mass is 32.2. The van der Waals surface area contributed by atoms with Crippen molar-refractivity contribution < 1.29 is 5.11 Å². The summed E-state index contributed by atoms with van der Waals surface area (Å²) < 4.78 is 0. The Kier molecular flexibility index (Phi) is 6.83. The zero-order valence-electron chi connectivity index (χ0n) is 10.1. The van der Waals surface area contributed by atoms with Crippen LogP contribution in [0.2, 0.25) is 0 Å². The smallest absolute Gasteiger partial charge is 0.0618 e. The molecule has 2 N–H and O–H groups in total. The molecule has 0 bridgehead atoms. The maximum atomic E-state index is 9.29. The standard InChI is InChI=1S/C11H25NOS/c1-6-12-11(5,7-13)8-14-10(4)9(2)3/h9-10,12-13H,6-8H2,1-5H3. The number of aliphatic hydroxyl groups excluding tert-OH is 1. The van der Waals surface area contributed by atoms with Gasteiger partial charge in [-0.25, -0.2) is 0 Å². The van der Waals surface area contributed by atoms with Gasteiger partial charge in [0.25, 0.3) is 0 Å². The molecule has 2 atom stereocenters. The Morgan fingerprint density at radius 1 is 1.36 bits per heavy atom. The summed E-state index contributed by atoms with van der Waals surface area (Å²) in [6.45, 7) is 12.0. The average molecular weight is 219 g/mol. The van der Waals surface area contributed by atoms with Gasteiger partial charge in [0.1, 0.15) is 0 Å². The largest absolute Gasteiger partial charge is 0.394 e. The third-order valence-electron chi connectivity index (χ3n) is 2.56. The van der Waals surface area contributed by atoms with Crippen molar-refractivity contribution in [2.45, 2.75) is 45.4 Å². The molecule has 0 radical (unpaired) electrons. The van der Waals surface area contributed by atoms with Crippen molar-refractivity contribution in [3.8, 4) is 0 Å². The topological polar surface area (TPSA) is 32.3 Å². The molecular weight excluding hydrogens is 194 g/mol. The van der Waals surface area contributed by atoms with Crippen LogP contribution in [-0.2, 0) is 0 Å². The molecule has 0 rings (SSSR count). The molecule has 2 nitrogen and oxygen atoms in total. The van der Waals surface area contributed by atoms with Crippen molar-refractivity contribution in [2.75, 3.05) is 18.9 Å². The molecule has 0 spiro atoms. The highest BCUT2D eigenvalue weighted by molar-refractivity contribution is 7.99. The molecule has 86 valence electrons. The van der Waals surface area contributed by atoms with Crippen LogP contribution in [0.1, 0.15) is 34.6 Å². The van der Waals surface area contributed by atoms with E-state index in [1.54, 1.807) is 0 Å². The third kappa shape index (κ3) is 5.23. The molecule has 0 aromatic rings. The highest BCUT2D eigenvalue weighted by Crippen LogP contribution is 2.22. The highest BCUT2D eigenvalue weighted by Gasteiger charge is 2.23. The van der Waals surface area contributed by atoms with Crippen LogP contribution < -0.4 is 5.32 Å². The Bertz CT molecular complexity index is 152. The fraction of sp³-hybridized carbons (Fsp3) is 1.00. The minimum absolute atomic E-state index is 0.122. The average Bonchev–Trinajstić information content (AvgIpc) is 2.14. The molecule has 0 amide bonds. The molecule has 3 heteroatoms. The first kappa shape index (κ1) is 14.3. The zero-order chi connectivity index (χ0) is 11.2. The lowest BCUT2D eigenvalue weighted by Crippen LogP contribution is -2.48. The quantitative estimate of drug-likeness (QED) is 0.688. The molecule has 0 saturated heterocycles. The van der Waals surface area contributed by atoms with Gasteiger partial charge >= 0.3 is 0 Å². The molecule has 0 heterocycles. The molecule has 0 aliphatic rings. The second-order valence-electron chi connectivity index (χ2n) is 4.51. The van der Waals surface area contributed by atoms with Gasteiger partial charge in [0, 0.05) is 16.5 Å². The first-order valence-corrected chi connectivity index (χ1v) is 6.47. The van der Waals surface area contributed by atoms with Crippen molar-refractivity contribution in [3.63, 3.8) is 0 Å². The summed E-state index contributed by atoms with van der Waals surface area (Å²) in [4.78, 5) is 0. The van der Waals surface area contributed by atoms with Gasteiger partial charge in [0.15, 0.2) is 0 Å². The predicted molar refractivity (Wildman–Crippen MR) is 65.9 cm³/mol. The summed E-state index contributed by atoms with van der Waals surface area (Å²) in [5.74, 6) is 1.67. The molecular formula is C11H25NOS. The summed E-state index contributed by atoms with van der Waals surface area (Å²) in [5, 5.41) is 13.3. The van der Waals surface area contributed by atoms with Gasteiger partial charge < -0.3 is 10.4 Å². The van der Waals surface area contributed by atoms with E-state index in [1.807, 2.05) is 11.8 Å². The van der Waals surface area contributed by atoms with E-state index in [2.05, 4.69) is 39.9 Å². The van der Waals surface area contributed by atoms with Gasteiger partial charge in [-0.3, -0.25) is 0 Å². The Labute approximate surface area is 92.9 Å². The Hall–Kier alpha value is 0.270. The second-order valence-corrected chi connectivity index (χ2v) is 5.87. The molecule has 0 aliphatic heterocycles. The van der Waals surface area contributed by atoms with Crippen molar-refractivity contribution in [2.24, 2.45) is 5.92 Å². The van der Waals surface area contributed by atoms with Crippen LogP contribution >= 0.6 is 11.8 Å².